The van der Waals surface area contributed by atoms with Crippen LogP contribution in [0.25, 0.3) is 0 Å². The van der Waals surface area contributed by atoms with Crippen LogP contribution in [0.5, 0.6) is 11.5 Å². The number of rotatable bonds is 7. The predicted octanol–water partition coefficient (Wildman–Crippen LogP) is 3.85. The smallest absolute Gasteiger partial charge is 0.229 e. The zero-order valence-electron chi connectivity index (χ0n) is 14.2. The van der Waals surface area contributed by atoms with Gasteiger partial charge in [-0.15, -0.1) is 0 Å². The van der Waals surface area contributed by atoms with E-state index >= 15 is 0 Å². The summed E-state index contributed by atoms with van der Waals surface area (Å²) < 4.78 is 10.5. The molecule has 0 atom stereocenters. The van der Waals surface area contributed by atoms with Crippen LogP contribution in [0.4, 0.5) is 17.5 Å². The highest BCUT2D eigenvalue weighted by Crippen LogP contribution is 2.25. The molecule has 0 aliphatic rings. The summed E-state index contributed by atoms with van der Waals surface area (Å²) in [6.45, 7) is 0.662. The Balaban J connectivity index is 1.66. The van der Waals surface area contributed by atoms with Crippen LogP contribution in [0.1, 0.15) is 5.56 Å². The number of nitrogens with one attached hydrogen (secondary N) is 2. The Labute approximate surface area is 146 Å². The average Bonchev–Trinajstić information content (AvgIpc) is 2.67. The van der Waals surface area contributed by atoms with Crippen molar-refractivity contribution >= 4 is 17.5 Å². The van der Waals surface area contributed by atoms with Crippen molar-refractivity contribution in [3.05, 3.63) is 66.4 Å². The number of anilines is 3. The van der Waals surface area contributed by atoms with Crippen molar-refractivity contribution < 1.29 is 9.47 Å². The van der Waals surface area contributed by atoms with Gasteiger partial charge < -0.3 is 20.1 Å². The van der Waals surface area contributed by atoms with Crippen LogP contribution in [-0.2, 0) is 6.54 Å². The van der Waals surface area contributed by atoms with Gasteiger partial charge in [0.05, 0.1) is 19.9 Å². The number of aromatic nitrogens is 2. The van der Waals surface area contributed by atoms with E-state index in [9.17, 15) is 0 Å². The molecule has 0 amide bonds. The molecule has 1 heterocycles. The van der Waals surface area contributed by atoms with E-state index in [2.05, 4.69) is 20.6 Å². The zero-order valence-corrected chi connectivity index (χ0v) is 14.2. The summed E-state index contributed by atoms with van der Waals surface area (Å²) in [5.74, 6) is 2.82. The molecule has 0 fully saturated rings. The fraction of sp³-hybridized carbons (Fsp3) is 0.158. The van der Waals surface area contributed by atoms with Crippen molar-refractivity contribution in [2.45, 2.75) is 6.54 Å². The Morgan fingerprint density at radius 1 is 0.920 bits per heavy atom. The van der Waals surface area contributed by atoms with Crippen molar-refractivity contribution in [3.8, 4) is 11.5 Å². The summed E-state index contributed by atoms with van der Waals surface area (Å²) >= 11 is 0. The van der Waals surface area contributed by atoms with Gasteiger partial charge in [-0.2, -0.15) is 4.98 Å². The molecule has 3 rings (SSSR count). The van der Waals surface area contributed by atoms with Gasteiger partial charge in [-0.25, -0.2) is 4.98 Å². The fourth-order valence-electron chi connectivity index (χ4n) is 2.32. The molecular formula is C19H20N4O2. The Hall–Kier alpha value is -3.28. The first-order chi connectivity index (χ1) is 12.3. The third-order valence-corrected chi connectivity index (χ3v) is 3.64. The molecule has 1 aromatic heterocycles. The second kappa shape index (κ2) is 8.01. The lowest BCUT2D eigenvalue weighted by atomic mass is 10.2. The molecule has 0 saturated heterocycles. The van der Waals surface area contributed by atoms with Gasteiger partial charge in [0.25, 0.3) is 0 Å². The molecule has 6 nitrogen and oxygen atoms in total. The molecule has 0 spiro atoms. The summed E-state index contributed by atoms with van der Waals surface area (Å²) in [6.07, 6.45) is 1.71. The van der Waals surface area contributed by atoms with Crippen LogP contribution < -0.4 is 20.1 Å². The molecule has 6 heteroatoms. The van der Waals surface area contributed by atoms with E-state index in [4.69, 9.17) is 9.47 Å². The van der Waals surface area contributed by atoms with Gasteiger partial charge >= 0.3 is 0 Å². The van der Waals surface area contributed by atoms with Crippen LogP contribution in [0, 0.1) is 0 Å². The number of nitrogens with zero attached hydrogens (tertiary/aromatic N) is 2. The van der Waals surface area contributed by atoms with Crippen molar-refractivity contribution in [1.82, 2.24) is 9.97 Å². The second-order valence-electron chi connectivity index (χ2n) is 5.29. The quantitative estimate of drug-likeness (QED) is 0.683. The van der Waals surface area contributed by atoms with Gasteiger partial charge in [-0.05, 0) is 35.9 Å². The lowest BCUT2D eigenvalue weighted by molar-refractivity contribution is 0.414. The van der Waals surface area contributed by atoms with Gasteiger partial charge in [0.2, 0.25) is 5.95 Å². The first kappa shape index (κ1) is 16.6. The Kier molecular flexibility index (Phi) is 5.31. The van der Waals surface area contributed by atoms with Crippen molar-refractivity contribution in [2.75, 3.05) is 24.9 Å². The maximum absolute atomic E-state index is 5.33. The van der Waals surface area contributed by atoms with Gasteiger partial charge in [-0.3, -0.25) is 0 Å². The number of ether oxygens (including phenoxy) is 2. The number of para-hydroxylation sites is 2. The minimum atomic E-state index is 0.504. The normalized spacial score (nSPS) is 10.2. The molecule has 0 aliphatic heterocycles. The minimum Gasteiger partial charge on any atom is -0.497 e. The highest BCUT2D eigenvalue weighted by atomic mass is 16.5. The van der Waals surface area contributed by atoms with Gasteiger partial charge in [0.15, 0.2) is 0 Å². The maximum Gasteiger partial charge on any atom is 0.229 e. The van der Waals surface area contributed by atoms with E-state index < -0.39 is 0 Å². The highest BCUT2D eigenvalue weighted by molar-refractivity contribution is 5.62. The number of hydrogen-bond donors (Lipinski definition) is 2. The molecule has 2 aromatic carbocycles. The zero-order chi connectivity index (χ0) is 17.5. The number of hydrogen-bond acceptors (Lipinski definition) is 6. The average molecular weight is 336 g/mol. The van der Waals surface area contributed by atoms with Crippen LogP contribution in [0.3, 0.4) is 0 Å². The van der Waals surface area contributed by atoms with E-state index in [1.165, 1.54) is 0 Å². The van der Waals surface area contributed by atoms with Crippen LogP contribution in [0.2, 0.25) is 0 Å². The predicted molar refractivity (Wildman–Crippen MR) is 98.6 cm³/mol. The molecule has 2 N–H and O–H groups in total. The lowest BCUT2D eigenvalue weighted by Gasteiger charge is -2.11. The first-order valence-electron chi connectivity index (χ1n) is 7.88. The summed E-state index contributed by atoms with van der Waals surface area (Å²) in [6, 6.07) is 17.4. The summed E-state index contributed by atoms with van der Waals surface area (Å²) in [7, 11) is 3.29. The summed E-state index contributed by atoms with van der Waals surface area (Å²) in [4.78, 5) is 8.73. The standard InChI is InChI=1S/C19H20N4O2/c1-24-15-9-7-14(8-10-15)13-21-18-11-12-20-19(23-18)22-16-5-3-4-6-17(16)25-2/h3-12H,13H2,1-2H3,(H2,20,21,22,23). The van der Waals surface area contributed by atoms with Gasteiger partial charge in [0, 0.05) is 12.7 Å². The Bertz CT molecular complexity index is 822. The lowest BCUT2D eigenvalue weighted by Crippen LogP contribution is -2.04. The van der Waals surface area contributed by atoms with Crippen molar-refractivity contribution in [2.24, 2.45) is 0 Å². The van der Waals surface area contributed by atoms with Crippen LogP contribution >= 0.6 is 0 Å². The van der Waals surface area contributed by atoms with E-state index in [1.807, 2.05) is 54.6 Å². The van der Waals surface area contributed by atoms with Crippen molar-refractivity contribution in [3.63, 3.8) is 0 Å². The van der Waals surface area contributed by atoms with E-state index in [0.717, 1.165) is 28.6 Å². The minimum absolute atomic E-state index is 0.504. The van der Waals surface area contributed by atoms with Crippen LogP contribution in [0.15, 0.2) is 60.8 Å². The van der Waals surface area contributed by atoms with E-state index in [-0.39, 0.29) is 0 Å². The Morgan fingerprint density at radius 2 is 1.72 bits per heavy atom. The van der Waals surface area contributed by atoms with Gasteiger partial charge in [0.1, 0.15) is 17.3 Å². The molecule has 0 unspecified atom stereocenters. The van der Waals surface area contributed by atoms with Crippen LogP contribution in [-0.4, -0.2) is 24.2 Å². The molecule has 3 aromatic rings. The number of benzene rings is 2. The van der Waals surface area contributed by atoms with E-state index in [1.54, 1.807) is 20.4 Å². The topological polar surface area (TPSA) is 68.3 Å². The number of methoxy groups -OCH3 is 2. The SMILES string of the molecule is COc1ccc(CNc2ccnc(Nc3ccccc3OC)n2)cc1. The Morgan fingerprint density at radius 3 is 2.48 bits per heavy atom. The molecule has 0 aliphatic carbocycles. The van der Waals surface area contributed by atoms with Gasteiger partial charge in [-0.1, -0.05) is 24.3 Å². The monoisotopic (exact) mass is 336 g/mol. The molecule has 0 saturated carbocycles. The van der Waals surface area contributed by atoms with E-state index in [0.29, 0.717) is 12.5 Å². The molecule has 0 bridgehead atoms. The third-order valence-electron chi connectivity index (χ3n) is 3.64. The second-order valence-corrected chi connectivity index (χ2v) is 5.29. The molecule has 25 heavy (non-hydrogen) atoms. The first-order valence-corrected chi connectivity index (χ1v) is 7.88. The molecular weight excluding hydrogens is 316 g/mol. The fourth-order valence-corrected chi connectivity index (χ4v) is 2.32. The van der Waals surface area contributed by atoms with Crippen molar-refractivity contribution in [1.29, 1.82) is 0 Å². The third kappa shape index (κ3) is 4.38. The summed E-state index contributed by atoms with van der Waals surface area (Å²) in [5, 5.41) is 6.46. The largest absolute Gasteiger partial charge is 0.497 e. The molecule has 128 valence electrons. The summed E-state index contributed by atoms with van der Waals surface area (Å²) in [5.41, 5.74) is 1.95. The maximum atomic E-state index is 5.33. The highest BCUT2D eigenvalue weighted by Gasteiger charge is 2.05. The molecule has 0 radical (unpaired) electrons.